The van der Waals surface area contributed by atoms with E-state index in [0.717, 1.165) is 0 Å². The Hall–Kier alpha value is -3.53. The summed E-state index contributed by atoms with van der Waals surface area (Å²) in [5.41, 5.74) is 1.08. The van der Waals surface area contributed by atoms with Crippen molar-refractivity contribution in [3.63, 3.8) is 0 Å². The lowest BCUT2D eigenvalue weighted by atomic mass is 10.1. The van der Waals surface area contributed by atoms with Crippen molar-refractivity contribution in [3.05, 3.63) is 69.3 Å². The van der Waals surface area contributed by atoms with E-state index >= 15 is 0 Å². The number of hydrogen-bond donors (Lipinski definition) is 1. The molecule has 3 rings (SSSR count). The summed E-state index contributed by atoms with van der Waals surface area (Å²) in [5, 5.41) is 13.7. The molecule has 0 aromatic heterocycles. The van der Waals surface area contributed by atoms with Gasteiger partial charge in [0.15, 0.2) is 6.79 Å². The third kappa shape index (κ3) is 5.26. The van der Waals surface area contributed by atoms with Crippen molar-refractivity contribution in [3.8, 4) is 11.5 Å². The lowest BCUT2D eigenvalue weighted by molar-refractivity contribution is -0.385. The number of non-ortho nitro benzene ring substituents is 1. The fourth-order valence-electron chi connectivity index (χ4n) is 2.73. The van der Waals surface area contributed by atoms with E-state index in [1.54, 1.807) is 12.1 Å². The van der Waals surface area contributed by atoms with Crippen LogP contribution >= 0.6 is 0 Å². The lowest BCUT2D eigenvalue weighted by Gasteiger charge is -2.19. The summed E-state index contributed by atoms with van der Waals surface area (Å²) in [5.74, 6) is -0.154. The Bertz CT molecular complexity index is 948. The van der Waals surface area contributed by atoms with Gasteiger partial charge in [-0.05, 0) is 12.1 Å². The molecule has 1 heterocycles. The molecule has 0 fully saturated rings. The standard InChI is InChI=1S/C19H16F2N2O6/c20-19(21)29-16-4-2-1-3-13(16)9-22-17(24)6-5-12-7-15(23(25)26)8-14-10-27-11-28-18(12)14/h1-8,19H,9-11H2,(H,22,24)/b6-5+. The fourth-order valence-corrected chi connectivity index (χ4v) is 2.73. The second-order valence-corrected chi connectivity index (χ2v) is 5.93. The van der Waals surface area contributed by atoms with E-state index in [1.165, 1.54) is 36.4 Å². The molecule has 29 heavy (non-hydrogen) atoms. The third-order valence-corrected chi connectivity index (χ3v) is 3.99. The van der Waals surface area contributed by atoms with Crippen LogP contribution in [0, 0.1) is 10.1 Å². The monoisotopic (exact) mass is 406 g/mol. The first kappa shape index (κ1) is 20.2. The van der Waals surface area contributed by atoms with Gasteiger partial charge >= 0.3 is 6.61 Å². The molecule has 1 aliphatic rings. The minimum absolute atomic E-state index is 0.00122. The number of rotatable bonds is 7. The van der Waals surface area contributed by atoms with E-state index < -0.39 is 17.4 Å². The number of ether oxygens (including phenoxy) is 3. The first-order valence-electron chi connectivity index (χ1n) is 8.44. The maximum atomic E-state index is 12.4. The quantitative estimate of drug-likeness (QED) is 0.430. The highest BCUT2D eigenvalue weighted by Crippen LogP contribution is 2.33. The average Bonchev–Trinajstić information content (AvgIpc) is 2.70. The molecular formula is C19H16F2N2O6. The number of benzene rings is 2. The Kier molecular flexibility index (Phi) is 6.35. The smallest absolute Gasteiger partial charge is 0.387 e. The van der Waals surface area contributed by atoms with E-state index in [2.05, 4.69) is 10.1 Å². The van der Waals surface area contributed by atoms with E-state index in [0.29, 0.717) is 22.4 Å². The van der Waals surface area contributed by atoms with Gasteiger partial charge in [0.05, 0.1) is 11.5 Å². The maximum absolute atomic E-state index is 12.4. The molecule has 10 heteroatoms. The Balaban J connectivity index is 1.72. The zero-order chi connectivity index (χ0) is 20.8. The van der Waals surface area contributed by atoms with Gasteiger partial charge in [-0.3, -0.25) is 14.9 Å². The molecule has 152 valence electrons. The molecule has 0 unspecified atom stereocenters. The summed E-state index contributed by atoms with van der Waals surface area (Å²) in [6, 6.07) is 8.74. The Morgan fingerprint density at radius 3 is 2.90 bits per heavy atom. The summed E-state index contributed by atoms with van der Waals surface area (Å²) in [6.07, 6.45) is 2.56. The number of alkyl halides is 2. The molecule has 0 atom stereocenters. The topological polar surface area (TPSA) is 99.9 Å². The Morgan fingerprint density at radius 1 is 1.34 bits per heavy atom. The zero-order valence-electron chi connectivity index (χ0n) is 15.0. The number of para-hydroxylation sites is 1. The number of carbonyl (C=O) groups is 1. The molecule has 0 radical (unpaired) electrons. The number of nitrogens with zero attached hydrogens (tertiary/aromatic N) is 1. The van der Waals surface area contributed by atoms with Crippen LogP contribution in [0.3, 0.4) is 0 Å². The van der Waals surface area contributed by atoms with E-state index in [-0.39, 0.29) is 31.4 Å². The Labute approximate surface area is 163 Å². The molecule has 1 aliphatic heterocycles. The first-order chi connectivity index (χ1) is 13.9. The summed E-state index contributed by atoms with van der Waals surface area (Å²) in [6.45, 7) is -2.86. The highest BCUT2D eigenvalue weighted by molar-refractivity contribution is 5.92. The Morgan fingerprint density at radius 2 is 2.14 bits per heavy atom. The van der Waals surface area contributed by atoms with Gasteiger partial charge in [0, 0.05) is 41.4 Å². The van der Waals surface area contributed by atoms with Crippen molar-refractivity contribution in [1.29, 1.82) is 0 Å². The van der Waals surface area contributed by atoms with Crippen LogP contribution in [0.2, 0.25) is 0 Å². The normalized spacial score (nSPS) is 13.1. The molecule has 0 saturated carbocycles. The van der Waals surface area contributed by atoms with Crippen LogP contribution in [0.15, 0.2) is 42.5 Å². The summed E-state index contributed by atoms with van der Waals surface area (Å²) in [4.78, 5) is 22.7. The van der Waals surface area contributed by atoms with Crippen LogP contribution in [0.25, 0.3) is 6.08 Å². The van der Waals surface area contributed by atoms with Crippen molar-refractivity contribution < 1.29 is 32.7 Å². The highest BCUT2D eigenvalue weighted by Gasteiger charge is 2.20. The molecule has 8 nitrogen and oxygen atoms in total. The molecule has 0 saturated heterocycles. The third-order valence-electron chi connectivity index (χ3n) is 3.99. The maximum Gasteiger partial charge on any atom is 0.387 e. The molecule has 0 aliphatic carbocycles. The molecule has 1 amide bonds. The van der Waals surface area contributed by atoms with Crippen LogP contribution < -0.4 is 14.8 Å². The van der Waals surface area contributed by atoms with Crippen molar-refractivity contribution >= 4 is 17.7 Å². The predicted octanol–water partition coefficient (Wildman–Crippen LogP) is 3.39. The number of amides is 1. The highest BCUT2D eigenvalue weighted by atomic mass is 19.3. The summed E-state index contributed by atoms with van der Waals surface area (Å²) >= 11 is 0. The van der Waals surface area contributed by atoms with E-state index in [1.807, 2.05) is 0 Å². The number of carbonyl (C=O) groups excluding carboxylic acids is 1. The zero-order valence-corrected chi connectivity index (χ0v) is 15.0. The summed E-state index contributed by atoms with van der Waals surface area (Å²) < 4.78 is 39.8. The number of halogens is 2. The van der Waals surface area contributed by atoms with Gasteiger partial charge in [0.25, 0.3) is 5.69 Å². The summed E-state index contributed by atoms with van der Waals surface area (Å²) in [7, 11) is 0. The van der Waals surface area contributed by atoms with Crippen LogP contribution in [-0.4, -0.2) is 24.2 Å². The molecule has 1 N–H and O–H groups in total. The average molecular weight is 406 g/mol. The van der Waals surface area contributed by atoms with Crippen LogP contribution in [-0.2, 0) is 22.7 Å². The van der Waals surface area contributed by atoms with Gasteiger partial charge in [-0.1, -0.05) is 18.2 Å². The number of fused-ring (bicyclic) bond motifs is 1. The SMILES string of the molecule is O=C(/C=C/c1cc([N+](=O)[O-])cc2c1OCOC2)NCc1ccccc1OC(F)F. The second-order valence-electron chi connectivity index (χ2n) is 5.93. The van der Waals surface area contributed by atoms with E-state index in [4.69, 9.17) is 9.47 Å². The van der Waals surface area contributed by atoms with Gasteiger partial charge in [-0.25, -0.2) is 0 Å². The van der Waals surface area contributed by atoms with Crippen molar-refractivity contribution in [1.82, 2.24) is 5.32 Å². The van der Waals surface area contributed by atoms with Crippen LogP contribution in [0.5, 0.6) is 11.5 Å². The van der Waals surface area contributed by atoms with Gasteiger partial charge in [0.2, 0.25) is 5.91 Å². The van der Waals surface area contributed by atoms with Crippen LogP contribution in [0.4, 0.5) is 14.5 Å². The lowest BCUT2D eigenvalue weighted by Crippen LogP contribution is -2.21. The van der Waals surface area contributed by atoms with Crippen LogP contribution in [0.1, 0.15) is 16.7 Å². The second kappa shape index (κ2) is 9.11. The molecular weight excluding hydrogens is 390 g/mol. The minimum atomic E-state index is -2.98. The number of nitro groups is 1. The fraction of sp³-hybridized carbons (Fsp3) is 0.211. The molecule has 2 aromatic carbocycles. The number of hydrogen-bond acceptors (Lipinski definition) is 6. The van der Waals surface area contributed by atoms with E-state index in [9.17, 15) is 23.7 Å². The van der Waals surface area contributed by atoms with Gasteiger partial charge < -0.3 is 19.5 Å². The van der Waals surface area contributed by atoms with Gasteiger partial charge in [-0.2, -0.15) is 8.78 Å². The minimum Gasteiger partial charge on any atom is -0.467 e. The predicted molar refractivity (Wildman–Crippen MR) is 97.3 cm³/mol. The van der Waals surface area contributed by atoms with Crippen molar-refractivity contribution in [2.75, 3.05) is 6.79 Å². The molecule has 0 spiro atoms. The first-order valence-corrected chi connectivity index (χ1v) is 8.44. The molecule has 0 bridgehead atoms. The molecule has 2 aromatic rings. The number of nitro benzene ring substituents is 1. The largest absolute Gasteiger partial charge is 0.467 e. The van der Waals surface area contributed by atoms with Crippen molar-refractivity contribution in [2.24, 2.45) is 0 Å². The van der Waals surface area contributed by atoms with Crippen molar-refractivity contribution in [2.45, 2.75) is 19.8 Å². The number of nitrogens with one attached hydrogen (secondary N) is 1. The van der Waals surface area contributed by atoms with Gasteiger partial charge in [-0.15, -0.1) is 0 Å². The van der Waals surface area contributed by atoms with Gasteiger partial charge in [0.1, 0.15) is 11.5 Å².